The van der Waals surface area contributed by atoms with Crippen molar-refractivity contribution in [3.63, 3.8) is 0 Å². The van der Waals surface area contributed by atoms with Crippen LogP contribution in [0.15, 0.2) is 88.4 Å². The second-order valence-electron chi connectivity index (χ2n) is 8.03. The summed E-state index contributed by atoms with van der Waals surface area (Å²) in [6.07, 6.45) is 1.47. The van der Waals surface area contributed by atoms with Gasteiger partial charge in [0, 0.05) is 22.2 Å². The molecular weight excluding hydrogens is 578 g/mol. The molecule has 0 bridgehead atoms. The molecule has 0 atom stereocenters. The van der Waals surface area contributed by atoms with Gasteiger partial charge in [-0.05, 0) is 62.1 Å². The monoisotopic (exact) mass is 593 g/mol. The molecular formula is C27H17BrClN3O4S. The number of halogens is 2. The van der Waals surface area contributed by atoms with Gasteiger partial charge >= 0.3 is 0 Å². The lowest BCUT2D eigenvalue weighted by molar-refractivity contribution is -0.384. The second kappa shape index (κ2) is 10.7. The Morgan fingerprint density at radius 3 is 2.70 bits per heavy atom. The van der Waals surface area contributed by atoms with Crippen molar-refractivity contribution >= 4 is 77.5 Å². The molecule has 1 amide bonds. The molecule has 0 aliphatic heterocycles. The minimum Gasteiger partial charge on any atom is -0.486 e. The van der Waals surface area contributed by atoms with E-state index in [4.69, 9.17) is 16.3 Å². The summed E-state index contributed by atoms with van der Waals surface area (Å²) >= 11 is 11.2. The van der Waals surface area contributed by atoms with Crippen LogP contribution in [-0.4, -0.2) is 17.0 Å². The number of ether oxygens (including phenoxy) is 1. The first-order valence-electron chi connectivity index (χ1n) is 11.0. The number of hydrogen-bond acceptors (Lipinski definition) is 6. The number of non-ortho nitro benzene ring substituents is 1. The highest BCUT2D eigenvalue weighted by atomic mass is 79.9. The average Bonchev–Trinajstić information content (AvgIpc) is 3.32. The SMILES string of the molecule is O=C(N/N=C\c1cc(Cl)c(OCc2cccc3ccccc23)c(Br)c1)c1cc2cc([N+](=O)[O-])ccc2s1. The van der Waals surface area contributed by atoms with E-state index >= 15 is 0 Å². The fourth-order valence-corrected chi connectivity index (χ4v) is 5.76. The van der Waals surface area contributed by atoms with Gasteiger partial charge in [0.15, 0.2) is 5.75 Å². The number of nitro benzene ring substituents is 1. The van der Waals surface area contributed by atoms with Crippen molar-refractivity contribution in [1.82, 2.24) is 5.43 Å². The van der Waals surface area contributed by atoms with Crippen LogP contribution in [0.3, 0.4) is 0 Å². The van der Waals surface area contributed by atoms with Crippen LogP contribution < -0.4 is 10.2 Å². The van der Waals surface area contributed by atoms with Gasteiger partial charge in [-0.3, -0.25) is 14.9 Å². The standard InChI is InChI=1S/C27H17BrClN3O4S/c28-22-10-16(11-23(29)26(22)36-15-18-6-3-5-17-4-1-2-7-21(17)18)14-30-31-27(33)25-13-19-12-20(32(34)35)8-9-24(19)37-25/h1-14H,15H2,(H,31,33)/b30-14-. The number of amides is 1. The van der Waals surface area contributed by atoms with E-state index in [1.54, 1.807) is 24.3 Å². The van der Waals surface area contributed by atoms with Gasteiger partial charge in [-0.2, -0.15) is 5.10 Å². The lowest BCUT2D eigenvalue weighted by Crippen LogP contribution is -2.16. The molecule has 0 aliphatic rings. The van der Waals surface area contributed by atoms with E-state index in [0.717, 1.165) is 21.0 Å². The summed E-state index contributed by atoms with van der Waals surface area (Å²) in [5.41, 5.74) is 4.16. The third kappa shape index (κ3) is 5.48. The Balaban J connectivity index is 1.26. The quantitative estimate of drug-likeness (QED) is 0.119. The van der Waals surface area contributed by atoms with Crippen molar-refractivity contribution in [2.75, 3.05) is 0 Å². The Morgan fingerprint density at radius 1 is 1.08 bits per heavy atom. The number of hydrazone groups is 1. The minimum atomic E-state index is -0.468. The van der Waals surface area contributed by atoms with Crippen molar-refractivity contribution in [3.05, 3.63) is 114 Å². The lowest BCUT2D eigenvalue weighted by Gasteiger charge is -2.12. The van der Waals surface area contributed by atoms with Gasteiger partial charge in [-0.25, -0.2) is 5.43 Å². The van der Waals surface area contributed by atoms with Crippen LogP contribution in [0.25, 0.3) is 20.9 Å². The molecule has 7 nitrogen and oxygen atoms in total. The van der Waals surface area contributed by atoms with Crippen LogP contribution in [0.2, 0.25) is 5.02 Å². The number of fused-ring (bicyclic) bond motifs is 2. The zero-order valence-electron chi connectivity index (χ0n) is 19.0. The van der Waals surface area contributed by atoms with E-state index in [0.29, 0.717) is 37.7 Å². The highest BCUT2D eigenvalue weighted by Gasteiger charge is 2.14. The number of benzene rings is 4. The van der Waals surface area contributed by atoms with Crippen molar-refractivity contribution in [2.45, 2.75) is 6.61 Å². The number of thiophene rings is 1. The maximum Gasteiger partial charge on any atom is 0.281 e. The van der Waals surface area contributed by atoms with Crippen LogP contribution in [0.5, 0.6) is 5.75 Å². The van der Waals surface area contributed by atoms with Gasteiger partial charge in [0.25, 0.3) is 11.6 Å². The average molecular weight is 595 g/mol. The fraction of sp³-hybridized carbons (Fsp3) is 0.0370. The normalized spacial score (nSPS) is 11.3. The Labute approximate surface area is 228 Å². The lowest BCUT2D eigenvalue weighted by atomic mass is 10.1. The maximum atomic E-state index is 12.5. The Bertz CT molecular complexity index is 1670. The van der Waals surface area contributed by atoms with Gasteiger partial charge in [-0.1, -0.05) is 54.1 Å². The zero-order chi connectivity index (χ0) is 25.9. The summed E-state index contributed by atoms with van der Waals surface area (Å²) < 4.78 is 7.46. The summed E-state index contributed by atoms with van der Waals surface area (Å²) in [6, 6.07) is 23.7. The van der Waals surface area contributed by atoms with Crippen molar-refractivity contribution in [3.8, 4) is 5.75 Å². The zero-order valence-corrected chi connectivity index (χ0v) is 22.1. The smallest absolute Gasteiger partial charge is 0.281 e. The van der Waals surface area contributed by atoms with Gasteiger partial charge in [-0.15, -0.1) is 11.3 Å². The van der Waals surface area contributed by atoms with Crippen molar-refractivity contribution in [2.24, 2.45) is 5.10 Å². The van der Waals surface area contributed by atoms with Crippen LogP contribution in [0.4, 0.5) is 5.69 Å². The molecule has 37 heavy (non-hydrogen) atoms. The van der Waals surface area contributed by atoms with E-state index in [2.05, 4.69) is 44.7 Å². The first kappa shape index (κ1) is 24.9. The topological polar surface area (TPSA) is 93.8 Å². The molecule has 0 spiro atoms. The molecule has 0 saturated carbocycles. The molecule has 5 rings (SSSR count). The number of nitro groups is 1. The predicted molar refractivity (Wildman–Crippen MR) is 151 cm³/mol. The van der Waals surface area contributed by atoms with Gasteiger partial charge in [0.2, 0.25) is 0 Å². The first-order valence-corrected chi connectivity index (χ1v) is 13.0. The predicted octanol–water partition coefficient (Wildman–Crippen LogP) is 7.72. The van der Waals surface area contributed by atoms with E-state index < -0.39 is 10.8 Å². The Morgan fingerprint density at radius 2 is 1.89 bits per heavy atom. The molecule has 0 aliphatic carbocycles. The molecule has 1 aromatic heterocycles. The molecule has 184 valence electrons. The third-order valence-corrected chi connectivity index (χ3v) is 7.57. The molecule has 0 saturated heterocycles. The maximum absolute atomic E-state index is 12.5. The second-order valence-corrected chi connectivity index (χ2v) is 10.4. The highest BCUT2D eigenvalue weighted by Crippen LogP contribution is 2.35. The van der Waals surface area contributed by atoms with E-state index in [9.17, 15) is 14.9 Å². The van der Waals surface area contributed by atoms with Crippen molar-refractivity contribution < 1.29 is 14.5 Å². The van der Waals surface area contributed by atoms with Crippen LogP contribution in [0.1, 0.15) is 20.8 Å². The van der Waals surface area contributed by atoms with Gasteiger partial charge in [0.05, 0.1) is 25.5 Å². The van der Waals surface area contributed by atoms with Gasteiger partial charge < -0.3 is 4.74 Å². The number of carbonyl (C=O) groups excluding carboxylic acids is 1. The number of nitrogens with zero attached hydrogens (tertiary/aromatic N) is 2. The molecule has 0 unspecified atom stereocenters. The highest BCUT2D eigenvalue weighted by molar-refractivity contribution is 9.10. The Kier molecular flexibility index (Phi) is 7.18. The number of rotatable bonds is 7. The van der Waals surface area contributed by atoms with E-state index in [1.165, 1.54) is 29.7 Å². The summed E-state index contributed by atoms with van der Waals surface area (Å²) in [7, 11) is 0. The number of nitrogens with one attached hydrogen (secondary N) is 1. The summed E-state index contributed by atoms with van der Waals surface area (Å²) in [5.74, 6) is 0.0930. The molecule has 1 N–H and O–H groups in total. The minimum absolute atomic E-state index is 0.0257. The molecule has 4 aromatic carbocycles. The van der Waals surface area contributed by atoms with E-state index in [-0.39, 0.29) is 5.69 Å². The largest absolute Gasteiger partial charge is 0.486 e. The van der Waals surface area contributed by atoms with E-state index in [1.807, 2.05) is 24.3 Å². The number of hydrogen-bond donors (Lipinski definition) is 1. The molecule has 1 heterocycles. The third-order valence-electron chi connectivity index (χ3n) is 5.59. The molecule has 0 radical (unpaired) electrons. The van der Waals surface area contributed by atoms with Crippen LogP contribution in [-0.2, 0) is 6.61 Å². The summed E-state index contributed by atoms with van der Waals surface area (Å²) in [5, 5.41) is 18.3. The summed E-state index contributed by atoms with van der Waals surface area (Å²) in [4.78, 5) is 23.4. The van der Waals surface area contributed by atoms with Crippen LogP contribution in [0, 0.1) is 10.1 Å². The molecule has 5 aromatic rings. The first-order chi connectivity index (χ1) is 17.9. The van der Waals surface area contributed by atoms with Crippen molar-refractivity contribution in [1.29, 1.82) is 0 Å². The number of carbonyl (C=O) groups is 1. The van der Waals surface area contributed by atoms with Crippen LogP contribution >= 0.6 is 38.9 Å². The molecule has 10 heteroatoms. The van der Waals surface area contributed by atoms with Gasteiger partial charge in [0.1, 0.15) is 6.61 Å². The molecule has 0 fully saturated rings. The Hall–Kier alpha value is -3.79. The fourth-order valence-electron chi connectivity index (χ4n) is 3.84. The summed E-state index contributed by atoms with van der Waals surface area (Å²) in [6.45, 7) is 0.349.